The van der Waals surface area contributed by atoms with Gasteiger partial charge in [-0.05, 0) is 24.6 Å². The molecule has 0 radical (unpaired) electrons. The summed E-state index contributed by atoms with van der Waals surface area (Å²) in [7, 11) is 0. The number of non-ortho nitro benzene ring substituents is 1. The minimum absolute atomic E-state index is 0.142. The van der Waals surface area contributed by atoms with Crippen LogP contribution in [0.15, 0.2) is 65.8 Å². The highest BCUT2D eigenvalue weighted by atomic mass is 16.6. The number of nitro groups is 1. The number of aryl methyl sites for hydroxylation is 1. The molecule has 2 heterocycles. The van der Waals surface area contributed by atoms with Gasteiger partial charge in [-0.1, -0.05) is 24.3 Å². The number of para-hydroxylation sites is 1. The SMILES string of the molecule is Cc1ccccc1-n1ncc2c(=O)n(CC(=O)Nc3cccc([N+](=O)[O-])c3)cnc21. The van der Waals surface area contributed by atoms with Gasteiger partial charge in [-0.2, -0.15) is 5.10 Å². The van der Waals surface area contributed by atoms with Crippen molar-refractivity contribution in [2.45, 2.75) is 13.5 Å². The van der Waals surface area contributed by atoms with E-state index in [1.807, 2.05) is 31.2 Å². The molecule has 2 aromatic carbocycles. The fourth-order valence-corrected chi connectivity index (χ4v) is 3.09. The highest BCUT2D eigenvalue weighted by Gasteiger charge is 2.15. The van der Waals surface area contributed by atoms with E-state index in [4.69, 9.17) is 0 Å². The van der Waals surface area contributed by atoms with Crippen LogP contribution in [-0.2, 0) is 11.3 Å². The topological polar surface area (TPSA) is 125 Å². The van der Waals surface area contributed by atoms with Crippen LogP contribution in [0.25, 0.3) is 16.7 Å². The standard InChI is InChI=1S/C20H16N6O4/c1-13-5-2-3-8-17(13)25-19-16(10-22-25)20(28)24(12-21-19)11-18(27)23-14-6-4-7-15(9-14)26(29)30/h2-10,12H,11H2,1H3,(H,23,27). The molecule has 0 bridgehead atoms. The molecule has 0 atom stereocenters. The second kappa shape index (κ2) is 7.59. The normalized spacial score (nSPS) is 10.8. The Labute approximate surface area is 169 Å². The van der Waals surface area contributed by atoms with Crippen molar-refractivity contribution >= 4 is 28.3 Å². The molecule has 30 heavy (non-hydrogen) atoms. The number of aromatic nitrogens is 4. The Morgan fingerprint density at radius 3 is 2.77 bits per heavy atom. The molecule has 10 nitrogen and oxygen atoms in total. The van der Waals surface area contributed by atoms with E-state index in [-0.39, 0.29) is 23.3 Å². The maximum Gasteiger partial charge on any atom is 0.271 e. The fourth-order valence-electron chi connectivity index (χ4n) is 3.09. The van der Waals surface area contributed by atoms with Gasteiger partial charge in [0.15, 0.2) is 5.65 Å². The molecule has 150 valence electrons. The van der Waals surface area contributed by atoms with Gasteiger partial charge in [0.05, 0.1) is 16.8 Å². The quantitative estimate of drug-likeness (QED) is 0.402. The summed E-state index contributed by atoms with van der Waals surface area (Å²) in [5.41, 5.74) is 1.89. The number of benzene rings is 2. The number of anilines is 1. The molecule has 0 aliphatic heterocycles. The van der Waals surface area contributed by atoms with Gasteiger partial charge in [0.25, 0.3) is 11.2 Å². The molecule has 0 aliphatic carbocycles. The van der Waals surface area contributed by atoms with Gasteiger partial charge in [0.1, 0.15) is 18.3 Å². The van der Waals surface area contributed by atoms with Gasteiger partial charge in [-0.3, -0.25) is 24.3 Å². The zero-order chi connectivity index (χ0) is 21.3. The van der Waals surface area contributed by atoms with E-state index in [1.54, 1.807) is 4.68 Å². The average molecular weight is 404 g/mol. The largest absolute Gasteiger partial charge is 0.324 e. The van der Waals surface area contributed by atoms with Crippen LogP contribution in [0.2, 0.25) is 0 Å². The average Bonchev–Trinajstić information content (AvgIpc) is 3.15. The van der Waals surface area contributed by atoms with E-state index >= 15 is 0 Å². The monoisotopic (exact) mass is 404 g/mol. The summed E-state index contributed by atoms with van der Waals surface area (Å²) in [5.74, 6) is -0.509. The molecule has 0 aliphatic rings. The molecule has 4 aromatic rings. The number of nitrogens with zero attached hydrogens (tertiary/aromatic N) is 5. The Morgan fingerprint density at radius 1 is 1.20 bits per heavy atom. The third-order valence-corrected chi connectivity index (χ3v) is 4.55. The fraction of sp³-hybridized carbons (Fsp3) is 0.100. The summed E-state index contributed by atoms with van der Waals surface area (Å²) < 4.78 is 2.75. The van der Waals surface area contributed by atoms with E-state index in [2.05, 4.69) is 15.4 Å². The van der Waals surface area contributed by atoms with Crippen molar-refractivity contribution in [1.82, 2.24) is 19.3 Å². The zero-order valence-electron chi connectivity index (χ0n) is 15.8. The number of nitro benzene ring substituents is 1. The molecular formula is C20H16N6O4. The lowest BCUT2D eigenvalue weighted by atomic mass is 10.2. The van der Waals surface area contributed by atoms with E-state index in [1.165, 1.54) is 41.4 Å². The second-order valence-electron chi connectivity index (χ2n) is 6.61. The number of hydrogen-bond acceptors (Lipinski definition) is 6. The molecule has 2 aromatic heterocycles. The first-order valence-corrected chi connectivity index (χ1v) is 8.97. The highest BCUT2D eigenvalue weighted by Crippen LogP contribution is 2.18. The summed E-state index contributed by atoms with van der Waals surface area (Å²) in [6, 6.07) is 13.2. The molecule has 4 rings (SSSR count). The van der Waals surface area contributed by atoms with Gasteiger partial charge >= 0.3 is 0 Å². The predicted molar refractivity (Wildman–Crippen MR) is 110 cm³/mol. The lowest BCUT2D eigenvalue weighted by Crippen LogP contribution is -2.27. The predicted octanol–water partition coefficient (Wildman–Crippen LogP) is 2.44. The van der Waals surface area contributed by atoms with Gasteiger partial charge < -0.3 is 5.32 Å². The van der Waals surface area contributed by atoms with Crippen molar-refractivity contribution in [1.29, 1.82) is 0 Å². The van der Waals surface area contributed by atoms with Crippen molar-refractivity contribution in [2.24, 2.45) is 0 Å². The lowest BCUT2D eigenvalue weighted by Gasteiger charge is -2.08. The summed E-state index contributed by atoms with van der Waals surface area (Å²) in [6.07, 6.45) is 2.71. The summed E-state index contributed by atoms with van der Waals surface area (Å²) in [6.45, 7) is 1.64. The Morgan fingerprint density at radius 2 is 2.00 bits per heavy atom. The lowest BCUT2D eigenvalue weighted by molar-refractivity contribution is -0.384. The second-order valence-corrected chi connectivity index (χ2v) is 6.61. The molecule has 10 heteroatoms. The van der Waals surface area contributed by atoms with Gasteiger partial charge in [-0.15, -0.1) is 0 Å². The van der Waals surface area contributed by atoms with Crippen LogP contribution in [0.5, 0.6) is 0 Å². The molecule has 1 N–H and O–H groups in total. The number of carbonyl (C=O) groups excluding carboxylic acids is 1. The van der Waals surface area contributed by atoms with Crippen LogP contribution < -0.4 is 10.9 Å². The van der Waals surface area contributed by atoms with Crippen LogP contribution in [0.1, 0.15) is 5.56 Å². The first-order valence-electron chi connectivity index (χ1n) is 8.97. The number of amides is 1. The minimum Gasteiger partial charge on any atom is -0.324 e. The Bertz CT molecular complexity index is 1340. The van der Waals surface area contributed by atoms with Crippen LogP contribution in [0.4, 0.5) is 11.4 Å². The highest BCUT2D eigenvalue weighted by molar-refractivity contribution is 5.91. The summed E-state index contributed by atoms with van der Waals surface area (Å²) in [5, 5.41) is 18.0. The molecule has 0 saturated carbocycles. The molecule has 0 unspecified atom stereocenters. The Balaban J connectivity index is 1.60. The number of fused-ring (bicyclic) bond motifs is 1. The minimum atomic E-state index is -0.551. The van der Waals surface area contributed by atoms with Gasteiger partial charge in [0, 0.05) is 17.8 Å². The number of carbonyl (C=O) groups is 1. The smallest absolute Gasteiger partial charge is 0.271 e. The van der Waals surface area contributed by atoms with Crippen molar-refractivity contribution in [3.8, 4) is 5.69 Å². The summed E-state index contributed by atoms with van der Waals surface area (Å²) >= 11 is 0. The molecule has 1 amide bonds. The molecule has 0 fully saturated rings. The van der Waals surface area contributed by atoms with Crippen LogP contribution in [0, 0.1) is 17.0 Å². The number of nitrogens with one attached hydrogen (secondary N) is 1. The number of rotatable bonds is 5. The van der Waals surface area contributed by atoms with Crippen molar-refractivity contribution in [3.63, 3.8) is 0 Å². The van der Waals surface area contributed by atoms with Crippen molar-refractivity contribution in [2.75, 3.05) is 5.32 Å². The summed E-state index contributed by atoms with van der Waals surface area (Å²) in [4.78, 5) is 39.7. The molecule has 0 saturated heterocycles. The Kier molecular flexibility index (Phi) is 4.80. The maximum atomic E-state index is 12.8. The Hall–Kier alpha value is -4.34. The van der Waals surface area contributed by atoms with Crippen molar-refractivity contribution < 1.29 is 9.72 Å². The third-order valence-electron chi connectivity index (χ3n) is 4.55. The molecule has 0 spiro atoms. The zero-order valence-corrected chi connectivity index (χ0v) is 15.8. The van der Waals surface area contributed by atoms with Gasteiger partial charge in [-0.25, -0.2) is 9.67 Å². The maximum absolute atomic E-state index is 12.8. The third kappa shape index (κ3) is 3.53. The van der Waals surface area contributed by atoms with Crippen LogP contribution in [0.3, 0.4) is 0 Å². The van der Waals surface area contributed by atoms with E-state index < -0.39 is 16.4 Å². The van der Waals surface area contributed by atoms with E-state index in [0.29, 0.717) is 5.65 Å². The van der Waals surface area contributed by atoms with Crippen LogP contribution in [-0.4, -0.2) is 30.2 Å². The van der Waals surface area contributed by atoms with Crippen molar-refractivity contribution in [3.05, 3.63) is 87.1 Å². The van der Waals surface area contributed by atoms with Gasteiger partial charge in [0.2, 0.25) is 5.91 Å². The number of hydrogen-bond donors (Lipinski definition) is 1. The first kappa shape index (κ1) is 19.0. The van der Waals surface area contributed by atoms with E-state index in [0.717, 1.165) is 11.3 Å². The van der Waals surface area contributed by atoms with Crippen LogP contribution >= 0.6 is 0 Å². The van der Waals surface area contributed by atoms with E-state index in [9.17, 15) is 19.7 Å². The molecular weight excluding hydrogens is 388 g/mol. The first-order chi connectivity index (χ1) is 14.4.